The Bertz CT molecular complexity index is 1260. The zero-order valence-electron chi connectivity index (χ0n) is 21.1. The number of nitrogens with zero attached hydrogens (tertiary/aromatic N) is 1. The molecule has 37 heavy (non-hydrogen) atoms. The first-order chi connectivity index (χ1) is 17.4. The van der Waals surface area contributed by atoms with Gasteiger partial charge in [-0.3, -0.25) is 9.59 Å². The van der Waals surface area contributed by atoms with E-state index in [0.717, 1.165) is 5.56 Å². The Kier molecular flexibility index (Phi) is 8.70. The Labute approximate surface area is 215 Å². The third-order valence-electron chi connectivity index (χ3n) is 6.26. The number of aliphatic hydroxyl groups is 1. The summed E-state index contributed by atoms with van der Waals surface area (Å²) in [5, 5.41) is 15.5. The maximum Gasteiger partial charge on any atom is 0.315 e. The van der Waals surface area contributed by atoms with Gasteiger partial charge < -0.3 is 14.6 Å². The molecule has 1 saturated carbocycles. The molecule has 1 aliphatic rings. The van der Waals surface area contributed by atoms with Gasteiger partial charge in [0, 0.05) is 12.3 Å². The topological polar surface area (TPSA) is 131 Å². The second-order valence-electron chi connectivity index (χ2n) is 9.08. The minimum atomic E-state index is -4.11. The van der Waals surface area contributed by atoms with Gasteiger partial charge in [-0.25, -0.2) is 9.22 Å². The summed E-state index contributed by atoms with van der Waals surface area (Å²) in [5.74, 6) is -5.65. The summed E-state index contributed by atoms with van der Waals surface area (Å²) >= 11 is 0. The van der Waals surface area contributed by atoms with Crippen LogP contribution in [-0.2, 0) is 29.1 Å². The number of sulfonamides is 1. The van der Waals surface area contributed by atoms with Crippen molar-refractivity contribution < 1.29 is 37.0 Å². The fraction of sp³-hybridized carbons (Fsp3) is 0.423. The molecule has 2 aromatic rings. The second kappa shape index (κ2) is 11.4. The fourth-order valence-electron chi connectivity index (χ4n) is 4.59. The standard InChI is InChI=1S/C26H31FN2O7S/c1-5-35-24(30)22-20(28-29-37(33,34)19-13-7-16(3)8-14-19)15-26(4,32)23(25(31)36-6-2)21(22)17-9-11-18(27)12-10-17/h7-14,21-23,29,32H,5-6,15H2,1-4H3/b28-20-/t21-,22+,23-,26-/m0/s1. The highest BCUT2D eigenvalue weighted by atomic mass is 32.2. The lowest BCUT2D eigenvalue weighted by molar-refractivity contribution is -0.163. The minimum absolute atomic E-state index is 0.00824. The number of aryl methyl sites for hydroxylation is 1. The Balaban J connectivity index is 2.15. The van der Waals surface area contributed by atoms with E-state index in [1.54, 1.807) is 26.0 Å². The number of rotatable bonds is 8. The lowest BCUT2D eigenvalue weighted by Crippen LogP contribution is -2.55. The molecular formula is C26H31FN2O7S. The highest BCUT2D eigenvalue weighted by molar-refractivity contribution is 7.89. The van der Waals surface area contributed by atoms with E-state index in [9.17, 15) is 27.5 Å². The zero-order chi connectivity index (χ0) is 27.4. The number of ether oxygens (including phenoxy) is 2. The van der Waals surface area contributed by atoms with Crippen molar-refractivity contribution in [3.63, 3.8) is 0 Å². The van der Waals surface area contributed by atoms with Crippen molar-refractivity contribution in [2.45, 2.75) is 50.5 Å². The van der Waals surface area contributed by atoms with Crippen LogP contribution in [0.4, 0.5) is 4.39 Å². The fourth-order valence-corrected chi connectivity index (χ4v) is 5.43. The molecule has 4 atom stereocenters. The van der Waals surface area contributed by atoms with Crippen molar-refractivity contribution in [2.75, 3.05) is 13.2 Å². The van der Waals surface area contributed by atoms with E-state index in [4.69, 9.17) is 9.47 Å². The average molecular weight is 535 g/mol. The largest absolute Gasteiger partial charge is 0.466 e. The number of carbonyl (C=O) groups excluding carboxylic acids is 2. The molecule has 0 radical (unpaired) electrons. The van der Waals surface area contributed by atoms with Gasteiger partial charge in [-0.05, 0) is 57.5 Å². The van der Waals surface area contributed by atoms with E-state index in [1.807, 2.05) is 6.92 Å². The smallest absolute Gasteiger partial charge is 0.315 e. The van der Waals surface area contributed by atoms with Gasteiger partial charge in [0.1, 0.15) is 11.7 Å². The maximum atomic E-state index is 13.7. The van der Waals surface area contributed by atoms with Crippen molar-refractivity contribution in [1.82, 2.24) is 4.83 Å². The zero-order valence-corrected chi connectivity index (χ0v) is 21.9. The molecule has 0 bridgehead atoms. The van der Waals surface area contributed by atoms with Crippen LogP contribution in [-0.4, -0.2) is 50.0 Å². The van der Waals surface area contributed by atoms with Gasteiger partial charge >= 0.3 is 11.9 Å². The van der Waals surface area contributed by atoms with E-state index in [0.29, 0.717) is 5.56 Å². The molecule has 0 heterocycles. The highest BCUT2D eigenvalue weighted by Gasteiger charge is 2.56. The van der Waals surface area contributed by atoms with E-state index < -0.39 is 51.1 Å². The first-order valence-electron chi connectivity index (χ1n) is 11.9. The first-order valence-corrected chi connectivity index (χ1v) is 13.4. The van der Waals surface area contributed by atoms with Crippen LogP contribution in [0.15, 0.2) is 58.5 Å². The number of carbonyl (C=O) groups is 2. The maximum absolute atomic E-state index is 13.7. The Morgan fingerprint density at radius 1 is 1.05 bits per heavy atom. The summed E-state index contributed by atoms with van der Waals surface area (Å²) < 4.78 is 50.0. The van der Waals surface area contributed by atoms with E-state index in [-0.39, 0.29) is 30.2 Å². The van der Waals surface area contributed by atoms with Crippen LogP contribution in [0.25, 0.3) is 0 Å². The van der Waals surface area contributed by atoms with Crippen molar-refractivity contribution in [3.8, 4) is 0 Å². The molecule has 0 aliphatic heterocycles. The van der Waals surface area contributed by atoms with E-state index in [2.05, 4.69) is 9.93 Å². The monoisotopic (exact) mass is 534 g/mol. The van der Waals surface area contributed by atoms with Crippen LogP contribution in [0, 0.1) is 24.6 Å². The van der Waals surface area contributed by atoms with E-state index >= 15 is 0 Å². The normalized spacial score (nSPS) is 24.9. The lowest BCUT2D eigenvalue weighted by atomic mass is 9.61. The van der Waals surface area contributed by atoms with Gasteiger partial charge in [0.05, 0.1) is 35.3 Å². The first kappa shape index (κ1) is 28.3. The summed E-state index contributed by atoms with van der Waals surface area (Å²) in [6, 6.07) is 11.2. The molecule has 3 rings (SSSR count). The van der Waals surface area contributed by atoms with Gasteiger partial charge in [0.25, 0.3) is 10.0 Å². The molecule has 9 nitrogen and oxygen atoms in total. The number of hydrazone groups is 1. The predicted molar refractivity (Wildman–Crippen MR) is 134 cm³/mol. The third-order valence-corrected chi connectivity index (χ3v) is 7.49. The van der Waals surface area contributed by atoms with Gasteiger partial charge in [-0.15, -0.1) is 0 Å². The molecule has 0 aromatic heterocycles. The summed E-state index contributed by atoms with van der Waals surface area (Å²) in [7, 11) is -4.11. The molecule has 11 heteroatoms. The predicted octanol–water partition coefficient (Wildman–Crippen LogP) is 3.07. The quantitative estimate of drug-likeness (QED) is 0.393. The highest BCUT2D eigenvalue weighted by Crippen LogP contribution is 2.47. The average Bonchev–Trinajstić information content (AvgIpc) is 2.83. The Morgan fingerprint density at radius 3 is 2.19 bits per heavy atom. The molecular weight excluding hydrogens is 503 g/mol. The van der Waals surface area contributed by atoms with Crippen LogP contribution in [0.2, 0.25) is 0 Å². The van der Waals surface area contributed by atoms with Crippen molar-refractivity contribution in [3.05, 3.63) is 65.5 Å². The summed E-state index contributed by atoms with van der Waals surface area (Å²) in [6.07, 6.45) is -0.325. The Morgan fingerprint density at radius 2 is 1.62 bits per heavy atom. The number of hydrogen-bond acceptors (Lipinski definition) is 8. The minimum Gasteiger partial charge on any atom is -0.466 e. The summed E-state index contributed by atoms with van der Waals surface area (Å²) in [4.78, 5) is 28.4. The van der Waals surface area contributed by atoms with Gasteiger partial charge in [-0.2, -0.15) is 13.5 Å². The molecule has 0 amide bonds. The van der Waals surface area contributed by atoms with Crippen LogP contribution < -0.4 is 4.83 Å². The number of nitrogens with one attached hydrogen (secondary N) is 1. The van der Waals surface area contributed by atoms with Crippen LogP contribution in [0.5, 0.6) is 0 Å². The molecule has 0 saturated heterocycles. The molecule has 1 aliphatic carbocycles. The number of hydrogen-bond donors (Lipinski definition) is 2. The van der Waals surface area contributed by atoms with Gasteiger partial charge in [0.15, 0.2) is 0 Å². The third kappa shape index (κ3) is 6.34. The summed E-state index contributed by atoms with van der Waals surface area (Å²) in [6.45, 7) is 6.45. The van der Waals surface area contributed by atoms with Crippen LogP contribution >= 0.6 is 0 Å². The molecule has 0 spiro atoms. The van der Waals surface area contributed by atoms with Crippen molar-refractivity contribution >= 4 is 27.7 Å². The van der Waals surface area contributed by atoms with Crippen LogP contribution in [0.1, 0.15) is 44.2 Å². The number of esters is 2. The Hall–Kier alpha value is -3.31. The molecule has 2 aromatic carbocycles. The van der Waals surface area contributed by atoms with E-state index in [1.165, 1.54) is 43.3 Å². The van der Waals surface area contributed by atoms with Gasteiger partial charge in [0.2, 0.25) is 0 Å². The molecule has 1 fully saturated rings. The van der Waals surface area contributed by atoms with Crippen molar-refractivity contribution in [2.24, 2.45) is 16.9 Å². The molecule has 2 N–H and O–H groups in total. The second-order valence-corrected chi connectivity index (χ2v) is 10.7. The van der Waals surface area contributed by atoms with Crippen molar-refractivity contribution in [1.29, 1.82) is 0 Å². The SMILES string of the molecule is CCOC(=O)[C@@H]1/C(=N\NS(=O)(=O)c2ccc(C)cc2)C[C@](C)(O)[C@H](C(=O)OCC)[C@H]1c1ccc(F)cc1. The lowest BCUT2D eigenvalue weighted by Gasteiger charge is -2.45. The molecule has 0 unspecified atom stereocenters. The summed E-state index contributed by atoms with van der Waals surface area (Å²) in [5.41, 5.74) is -0.605. The van der Waals surface area contributed by atoms with Crippen LogP contribution in [0.3, 0.4) is 0 Å². The molecule has 200 valence electrons. The number of benzene rings is 2. The number of halogens is 1. The van der Waals surface area contributed by atoms with Gasteiger partial charge in [-0.1, -0.05) is 29.8 Å².